The first-order valence-electron chi connectivity index (χ1n) is 6.40. The Bertz CT molecular complexity index is 449. The van der Waals surface area contributed by atoms with Crippen molar-refractivity contribution in [3.05, 3.63) is 47.5 Å². The minimum atomic E-state index is 0.0294. The van der Waals surface area contributed by atoms with Crippen molar-refractivity contribution in [2.24, 2.45) is 0 Å². The minimum absolute atomic E-state index is 0.0294. The molecule has 2 aliphatic rings. The van der Waals surface area contributed by atoms with Gasteiger partial charge in [0.1, 0.15) is 0 Å². The predicted molar refractivity (Wildman–Crippen MR) is 68.0 cm³/mol. The Morgan fingerprint density at radius 3 is 2.71 bits per heavy atom. The molecule has 1 heterocycles. The first-order chi connectivity index (χ1) is 8.36. The fourth-order valence-electron chi connectivity index (χ4n) is 2.61. The summed E-state index contributed by atoms with van der Waals surface area (Å²) in [6.07, 6.45) is 7.24. The Labute approximate surface area is 102 Å². The fraction of sp³-hybridized carbons (Fsp3) is 0.400. The van der Waals surface area contributed by atoms with Gasteiger partial charge in [0.05, 0.1) is 12.1 Å². The van der Waals surface area contributed by atoms with Crippen LogP contribution in [0.1, 0.15) is 36.0 Å². The summed E-state index contributed by atoms with van der Waals surface area (Å²) in [5, 5.41) is 3.32. The van der Waals surface area contributed by atoms with Crippen LogP contribution in [0.15, 0.2) is 42.0 Å². The van der Waals surface area contributed by atoms with Crippen molar-refractivity contribution in [1.82, 2.24) is 5.32 Å². The van der Waals surface area contributed by atoms with Gasteiger partial charge in [-0.15, -0.1) is 0 Å². The van der Waals surface area contributed by atoms with Gasteiger partial charge < -0.3 is 0 Å². The second-order valence-corrected chi connectivity index (χ2v) is 4.88. The average molecular weight is 227 g/mol. The molecular weight excluding hydrogens is 210 g/mol. The third kappa shape index (κ3) is 2.18. The van der Waals surface area contributed by atoms with Crippen LogP contribution in [0.4, 0.5) is 0 Å². The van der Waals surface area contributed by atoms with Gasteiger partial charge in [0, 0.05) is 5.56 Å². The number of Topliss-reactive ketones (excluding diaryl/α,β-unsaturated/α-hetero) is 1. The number of carbonyl (C=O) groups is 1. The third-order valence-electron chi connectivity index (χ3n) is 3.65. The lowest BCUT2D eigenvalue weighted by Crippen LogP contribution is -2.12. The molecule has 2 atom stereocenters. The lowest BCUT2D eigenvalue weighted by Gasteiger charge is -2.10. The molecule has 2 nitrogen and oxygen atoms in total. The molecule has 1 saturated heterocycles. The molecule has 1 fully saturated rings. The highest BCUT2D eigenvalue weighted by molar-refractivity contribution is 6.03. The molecule has 0 spiro atoms. The van der Waals surface area contributed by atoms with Crippen molar-refractivity contribution in [3.8, 4) is 0 Å². The second-order valence-electron chi connectivity index (χ2n) is 4.88. The van der Waals surface area contributed by atoms with Gasteiger partial charge in [0.2, 0.25) is 0 Å². The van der Waals surface area contributed by atoms with E-state index in [0.29, 0.717) is 6.04 Å². The van der Waals surface area contributed by atoms with Crippen molar-refractivity contribution in [1.29, 1.82) is 0 Å². The smallest absolute Gasteiger partial charge is 0.181 e. The summed E-state index contributed by atoms with van der Waals surface area (Å²) in [4.78, 5) is 12.2. The van der Waals surface area contributed by atoms with Crippen LogP contribution >= 0.6 is 0 Å². The Balaban J connectivity index is 1.69. The van der Waals surface area contributed by atoms with Crippen LogP contribution in [0, 0.1) is 0 Å². The van der Waals surface area contributed by atoms with Gasteiger partial charge in [-0.05, 0) is 25.7 Å². The number of nitrogens with one attached hydrogen (secondary N) is 1. The van der Waals surface area contributed by atoms with E-state index >= 15 is 0 Å². The molecule has 1 aromatic carbocycles. The maximum Gasteiger partial charge on any atom is 0.181 e. The zero-order valence-electron chi connectivity index (χ0n) is 9.86. The zero-order valence-corrected chi connectivity index (χ0v) is 9.86. The van der Waals surface area contributed by atoms with E-state index in [9.17, 15) is 4.79 Å². The van der Waals surface area contributed by atoms with Gasteiger partial charge in [-0.25, -0.2) is 0 Å². The molecule has 2 heteroatoms. The highest BCUT2D eigenvalue weighted by Crippen LogP contribution is 2.30. The molecule has 0 saturated carbocycles. The van der Waals surface area contributed by atoms with E-state index in [-0.39, 0.29) is 11.8 Å². The summed E-state index contributed by atoms with van der Waals surface area (Å²) in [5.41, 5.74) is 2.27. The summed E-state index contributed by atoms with van der Waals surface area (Å²) >= 11 is 0. The first kappa shape index (κ1) is 10.7. The molecule has 1 aliphatic heterocycles. The summed E-state index contributed by atoms with van der Waals surface area (Å²) < 4.78 is 0. The van der Waals surface area contributed by atoms with Crippen molar-refractivity contribution in [3.63, 3.8) is 0 Å². The standard InChI is InChI=1S/C15H17NO/c17-15(12-9-5-2-6-10-12)14-13(16-14)11-7-3-1-4-8-11/h2,5-7,9-10,13-14,16H,1,3-4,8H2/t13-,14+/m1/s1. The van der Waals surface area contributed by atoms with Crippen molar-refractivity contribution < 1.29 is 4.79 Å². The monoisotopic (exact) mass is 227 g/mol. The highest BCUT2D eigenvalue weighted by Gasteiger charge is 2.44. The van der Waals surface area contributed by atoms with Gasteiger partial charge in [-0.2, -0.15) is 0 Å². The van der Waals surface area contributed by atoms with E-state index in [4.69, 9.17) is 0 Å². The van der Waals surface area contributed by atoms with Crippen LogP contribution in [0.25, 0.3) is 0 Å². The van der Waals surface area contributed by atoms with E-state index in [1.807, 2.05) is 30.3 Å². The van der Waals surface area contributed by atoms with Gasteiger partial charge in [-0.1, -0.05) is 42.0 Å². The molecule has 17 heavy (non-hydrogen) atoms. The normalized spacial score (nSPS) is 27.4. The number of carbonyl (C=O) groups excluding carboxylic acids is 1. The Kier molecular flexibility index (Phi) is 2.81. The van der Waals surface area contributed by atoms with Crippen molar-refractivity contribution >= 4 is 5.78 Å². The second kappa shape index (κ2) is 4.46. The summed E-state index contributed by atoms with van der Waals surface area (Å²) in [7, 11) is 0. The quantitative estimate of drug-likeness (QED) is 0.490. The van der Waals surface area contributed by atoms with Gasteiger partial charge >= 0.3 is 0 Å². The molecule has 1 aromatic rings. The molecule has 3 rings (SSSR count). The highest BCUT2D eigenvalue weighted by atomic mass is 16.1. The van der Waals surface area contributed by atoms with Crippen LogP contribution in [-0.4, -0.2) is 17.9 Å². The Morgan fingerprint density at radius 2 is 2.00 bits per heavy atom. The van der Waals surface area contributed by atoms with Crippen LogP contribution in [-0.2, 0) is 0 Å². The molecule has 0 aromatic heterocycles. The van der Waals surface area contributed by atoms with Gasteiger partial charge in [0.15, 0.2) is 5.78 Å². The van der Waals surface area contributed by atoms with Gasteiger partial charge in [-0.3, -0.25) is 10.1 Å². The number of hydrogen-bond donors (Lipinski definition) is 1. The van der Waals surface area contributed by atoms with Crippen LogP contribution in [0.5, 0.6) is 0 Å². The molecule has 1 aliphatic carbocycles. The number of hydrogen-bond acceptors (Lipinski definition) is 2. The lowest BCUT2D eigenvalue weighted by molar-refractivity contribution is 0.0988. The first-order valence-corrected chi connectivity index (χ1v) is 6.40. The summed E-state index contributed by atoms with van der Waals surface area (Å²) in [6.45, 7) is 0. The van der Waals surface area contributed by atoms with E-state index in [1.165, 1.54) is 24.8 Å². The summed E-state index contributed by atoms with van der Waals surface area (Å²) in [5.74, 6) is 0.238. The SMILES string of the molecule is O=C(c1ccccc1)[C@H]1N[C@@H]1C1=CCCCC1. The van der Waals surface area contributed by atoms with Gasteiger partial charge in [0.25, 0.3) is 0 Å². The molecule has 0 radical (unpaired) electrons. The zero-order chi connectivity index (χ0) is 11.7. The molecule has 0 bridgehead atoms. The average Bonchev–Trinajstić information content (AvgIpc) is 3.20. The Morgan fingerprint density at radius 1 is 1.18 bits per heavy atom. The maximum absolute atomic E-state index is 12.2. The number of rotatable bonds is 3. The van der Waals surface area contributed by atoms with E-state index in [2.05, 4.69) is 11.4 Å². The van der Waals surface area contributed by atoms with E-state index in [0.717, 1.165) is 12.0 Å². The number of benzene rings is 1. The van der Waals surface area contributed by atoms with E-state index in [1.54, 1.807) is 0 Å². The molecule has 0 unspecified atom stereocenters. The number of allylic oxidation sites excluding steroid dienone is 1. The maximum atomic E-state index is 12.2. The molecule has 88 valence electrons. The topological polar surface area (TPSA) is 39.0 Å². The molecule has 1 N–H and O–H groups in total. The fourth-order valence-corrected chi connectivity index (χ4v) is 2.61. The van der Waals surface area contributed by atoms with Crippen molar-refractivity contribution in [2.75, 3.05) is 0 Å². The Hall–Kier alpha value is -1.41. The summed E-state index contributed by atoms with van der Waals surface area (Å²) in [6, 6.07) is 9.93. The molecular formula is C15H17NO. The lowest BCUT2D eigenvalue weighted by atomic mass is 9.94. The molecule has 0 amide bonds. The van der Waals surface area contributed by atoms with Crippen LogP contribution in [0.2, 0.25) is 0 Å². The van der Waals surface area contributed by atoms with Crippen LogP contribution in [0.3, 0.4) is 0 Å². The van der Waals surface area contributed by atoms with Crippen molar-refractivity contribution in [2.45, 2.75) is 37.8 Å². The third-order valence-corrected chi connectivity index (χ3v) is 3.65. The van der Waals surface area contributed by atoms with E-state index < -0.39 is 0 Å². The number of ketones is 1. The van der Waals surface area contributed by atoms with Crippen LogP contribution < -0.4 is 5.32 Å². The predicted octanol–water partition coefficient (Wildman–Crippen LogP) is 2.71. The minimum Gasteiger partial charge on any atom is -0.297 e. The largest absolute Gasteiger partial charge is 0.297 e.